The Labute approximate surface area is 126 Å². The number of aromatic nitrogens is 2. The summed E-state index contributed by atoms with van der Waals surface area (Å²) in [6, 6.07) is 10.3. The molecule has 1 aromatic heterocycles. The first-order valence-corrected chi connectivity index (χ1v) is 7.77. The van der Waals surface area contributed by atoms with Crippen molar-refractivity contribution >= 4 is 5.78 Å². The first-order chi connectivity index (χ1) is 10.2. The summed E-state index contributed by atoms with van der Waals surface area (Å²) in [4.78, 5) is 12.9. The second-order valence-electron chi connectivity index (χ2n) is 6.10. The molecule has 110 valence electrons. The van der Waals surface area contributed by atoms with E-state index in [1.165, 1.54) is 5.56 Å². The molecule has 0 atom stereocenters. The van der Waals surface area contributed by atoms with Gasteiger partial charge in [0, 0.05) is 19.7 Å². The van der Waals surface area contributed by atoms with Gasteiger partial charge in [-0.2, -0.15) is 5.10 Å². The van der Waals surface area contributed by atoms with Crippen molar-refractivity contribution in [1.82, 2.24) is 9.78 Å². The third-order valence-corrected chi connectivity index (χ3v) is 4.72. The first-order valence-electron chi connectivity index (χ1n) is 7.77. The van der Waals surface area contributed by atoms with E-state index in [0.717, 1.165) is 37.7 Å². The van der Waals surface area contributed by atoms with E-state index >= 15 is 0 Å². The number of Topliss-reactive ketones (excluding diaryl/α,β-unsaturated/α-hetero) is 1. The van der Waals surface area contributed by atoms with Crippen LogP contribution in [0.3, 0.4) is 0 Å². The maximum Gasteiger partial charge on any atom is 0.143 e. The van der Waals surface area contributed by atoms with Gasteiger partial charge in [-0.25, -0.2) is 0 Å². The third kappa shape index (κ3) is 2.78. The molecule has 0 N–H and O–H groups in total. The summed E-state index contributed by atoms with van der Waals surface area (Å²) >= 11 is 0. The van der Waals surface area contributed by atoms with Gasteiger partial charge in [-0.3, -0.25) is 9.48 Å². The fraction of sp³-hybridized carbons (Fsp3) is 0.444. The third-order valence-electron chi connectivity index (χ3n) is 4.72. The number of carbonyl (C=O) groups is 1. The van der Waals surface area contributed by atoms with E-state index < -0.39 is 0 Å². The molecule has 0 spiro atoms. The lowest BCUT2D eigenvalue weighted by molar-refractivity contribution is -0.124. The van der Waals surface area contributed by atoms with Gasteiger partial charge in [0.05, 0.1) is 11.6 Å². The molecule has 1 heterocycles. The topological polar surface area (TPSA) is 34.9 Å². The van der Waals surface area contributed by atoms with Crippen molar-refractivity contribution < 1.29 is 4.79 Å². The second-order valence-corrected chi connectivity index (χ2v) is 6.10. The molecule has 0 radical (unpaired) electrons. The van der Waals surface area contributed by atoms with Crippen molar-refractivity contribution in [2.45, 2.75) is 43.9 Å². The number of rotatable bonds is 5. The van der Waals surface area contributed by atoms with E-state index in [1.54, 1.807) is 4.68 Å². The van der Waals surface area contributed by atoms with Crippen molar-refractivity contribution in [2.24, 2.45) is 7.05 Å². The number of nitrogens with zero attached hydrogens (tertiary/aromatic N) is 2. The molecule has 1 fully saturated rings. The molecular weight excluding hydrogens is 260 g/mol. The Morgan fingerprint density at radius 2 is 1.95 bits per heavy atom. The highest BCUT2D eigenvalue weighted by atomic mass is 16.1. The van der Waals surface area contributed by atoms with Crippen LogP contribution in [0, 0.1) is 0 Å². The van der Waals surface area contributed by atoms with Crippen LogP contribution in [0.2, 0.25) is 0 Å². The van der Waals surface area contributed by atoms with E-state index in [9.17, 15) is 4.79 Å². The molecule has 0 aliphatic heterocycles. The number of benzene rings is 1. The second kappa shape index (κ2) is 5.84. The van der Waals surface area contributed by atoms with Crippen LogP contribution in [0.25, 0.3) is 0 Å². The predicted octanol–water partition coefficient (Wildman–Crippen LogP) is 3.43. The quantitative estimate of drug-likeness (QED) is 0.842. The summed E-state index contributed by atoms with van der Waals surface area (Å²) in [6.07, 6.45) is 9.59. The summed E-state index contributed by atoms with van der Waals surface area (Å²) in [7, 11) is 1.91. The van der Waals surface area contributed by atoms with Crippen molar-refractivity contribution in [3.8, 4) is 0 Å². The molecule has 3 heteroatoms. The van der Waals surface area contributed by atoms with Crippen molar-refractivity contribution in [3.05, 3.63) is 53.9 Å². The van der Waals surface area contributed by atoms with Crippen LogP contribution in [0.15, 0.2) is 42.7 Å². The van der Waals surface area contributed by atoms with Gasteiger partial charge in [0.25, 0.3) is 0 Å². The van der Waals surface area contributed by atoms with Gasteiger partial charge in [-0.1, -0.05) is 43.2 Å². The number of ketones is 1. The van der Waals surface area contributed by atoms with Gasteiger partial charge in [0.1, 0.15) is 5.78 Å². The van der Waals surface area contributed by atoms with Crippen LogP contribution in [0.1, 0.15) is 43.2 Å². The predicted molar refractivity (Wildman–Crippen MR) is 83.1 cm³/mol. The Hall–Kier alpha value is -1.90. The molecule has 0 amide bonds. The number of hydrogen-bond donors (Lipinski definition) is 0. The maximum absolute atomic E-state index is 12.9. The monoisotopic (exact) mass is 282 g/mol. The molecule has 1 aliphatic carbocycles. The zero-order valence-corrected chi connectivity index (χ0v) is 12.6. The highest BCUT2D eigenvalue weighted by Crippen LogP contribution is 2.42. The lowest BCUT2D eigenvalue weighted by Crippen LogP contribution is -2.33. The largest absolute Gasteiger partial charge is 0.299 e. The molecular formula is C18H22N2O. The van der Waals surface area contributed by atoms with Gasteiger partial charge in [0.15, 0.2) is 0 Å². The zero-order chi connectivity index (χ0) is 14.7. The van der Waals surface area contributed by atoms with Crippen molar-refractivity contribution in [1.29, 1.82) is 0 Å². The highest BCUT2D eigenvalue weighted by molar-refractivity contribution is 5.90. The van der Waals surface area contributed by atoms with E-state index in [0.29, 0.717) is 12.2 Å². The van der Waals surface area contributed by atoms with Gasteiger partial charge >= 0.3 is 0 Å². The van der Waals surface area contributed by atoms with E-state index in [-0.39, 0.29) is 5.41 Å². The van der Waals surface area contributed by atoms with Gasteiger partial charge in [-0.15, -0.1) is 0 Å². The van der Waals surface area contributed by atoms with Crippen LogP contribution in [-0.4, -0.2) is 15.6 Å². The molecule has 21 heavy (non-hydrogen) atoms. The number of hydrogen-bond acceptors (Lipinski definition) is 2. The highest BCUT2D eigenvalue weighted by Gasteiger charge is 2.41. The SMILES string of the molecule is Cn1cc(CCC(=O)C2(c3ccccc3)CCCC2)cn1. The normalized spacial score (nSPS) is 17.0. The molecule has 1 saturated carbocycles. The molecule has 0 saturated heterocycles. The van der Waals surface area contributed by atoms with Gasteiger partial charge in [0.2, 0.25) is 0 Å². The number of aryl methyl sites for hydroxylation is 2. The van der Waals surface area contributed by atoms with Crippen LogP contribution >= 0.6 is 0 Å². The summed E-state index contributed by atoms with van der Waals surface area (Å²) in [6.45, 7) is 0. The van der Waals surface area contributed by atoms with Crippen LogP contribution in [-0.2, 0) is 23.7 Å². The van der Waals surface area contributed by atoms with Gasteiger partial charge < -0.3 is 0 Å². The Morgan fingerprint density at radius 1 is 1.24 bits per heavy atom. The molecule has 3 nitrogen and oxygen atoms in total. The summed E-state index contributed by atoms with van der Waals surface area (Å²) in [5.41, 5.74) is 2.12. The minimum Gasteiger partial charge on any atom is -0.299 e. The maximum atomic E-state index is 12.9. The lowest BCUT2D eigenvalue weighted by Gasteiger charge is -2.28. The molecule has 3 rings (SSSR count). The first kappa shape index (κ1) is 14.1. The smallest absolute Gasteiger partial charge is 0.143 e. The molecule has 0 unspecified atom stereocenters. The average Bonchev–Trinajstić information content (AvgIpc) is 3.15. The molecule has 0 bridgehead atoms. The van der Waals surface area contributed by atoms with Crippen LogP contribution in [0.5, 0.6) is 0 Å². The molecule has 2 aromatic rings. The van der Waals surface area contributed by atoms with Gasteiger partial charge in [-0.05, 0) is 30.4 Å². The summed E-state index contributed by atoms with van der Waals surface area (Å²) in [5.74, 6) is 0.398. The average molecular weight is 282 g/mol. The molecule has 1 aromatic carbocycles. The van der Waals surface area contributed by atoms with Crippen LogP contribution in [0.4, 0.5) is 0 Å². The fourth-order valence-corrected chi connectivity index (χ4v) is 3.56. The number of carbonyl (C=O) groups excluding carboxylic acids is 1. The summed E-state index contributed by atoms with van der Waals surface area (Å²) < 4.78 is 1.79. The summed E-state index contributed by atoms with van der Waals surface area (Å²) in [5, 5.41) is 4.17. The Balaban J connectivity index is 1.76. The fourth-order valence-electron chi connectivity index (χ4n) is 3.56. The molecule has 1 aliphatic rings. The van der Waals surface area contributed by atoms with E-state index in [2.05, 4.69) is 17.2 Å². The van der Waals surface area contributed by atoms with Crippen molar-refractivity contribution in [3.63, 3.8) is 0 Å². The lowest BCUT2D eigenvalue weighted by atomic mass is 9.74. The van der Waals surface area contributed by atoms with E-state index in [1.807, 2.05) is 37.6 Å². The van der Waals surface area contributed by atoms with Crippen molar-refractivity contribution in [2.75, 3.05) is 0 Å². The Morgan fingerprint density at radius 3 is 2.57 bits per heavy atom. The van der Waals surface area contributed by atoms with E-state index in [4.69, 9.17) is 0 Å². The standard InChI is InChI=1S/C18H22N2O/c1-20-14-15(13-19-20)9-10-17(21)18(11-5-6-12-18)16-7-3-2-4-8-16/h2-4,7-8,13-14H,5-6,9-12H2,1H3. The minimum atomic E-state index is -0.233. The minimum absolute atomic E-state index is 0.233. The Bertz CT molecular complexity index is 609. The Kier molecular flexibility index (Phi) is 3.91. The van der Waals surface area contributed by atoms with Crippen LogP contribution < -0.4 is 0 Å². The zero-order valence-electron chi connectivity index (χ0n) is 12.6.